The SMILES string of the molecule is Cc1ccc(C2C[C@H](CO)[C@@H](O)[C@H](O)[C@H]2O)cc1Cc1ccc(CC2C[C@@H]3C[C@@H]3C2)cc1. The van der Waals surface area contributed by atoms with Gasteiger partial charge in [0, 0.05) is 18.4 Å². The maximum absolute atomic E-state index is 10.6. The molecule has 32 heavy (non-hydrogen) atoms. The van der Waals surface area contributed by atoms with Gasteiger partial charge in [0.15, 0.2) is 0 Å². The second-order valence-corrected chi connectivity index (χ2v) is 10.7. The highest BCUT2D eigenvalue weighted by Crippen LogP contribution is 2.55. The minimum absolute atomic E-state index is 0.200. The molecule has 4 nitrogen and oxygen atoms in total. The predicted molar refractivity (Wildman–Crippen MR) is 124 cm³/mol. The van der Waals surface area contributed by atoms with Crippen LogP contribution < -0.4 is 0 Å². The van der Waals surface area contributed by atoms with E-state index < -0.39 is 24.2 Å². The molecule has 0 saturated heterocycles. The highest BCUT2D eigenvalue weighted by atomic mass is 16.4. The van der Waals surface area contributed by atoms with Crippen molar-refractivity contribution in [3.8, 4) is 0 Å². The number of aliphatic hydroxyl groups is 4. The van der Waals surface area contributed by atoms with E-state index in [0.29, 0.717) is 6.42 Å². The average Bonchev–Trinajstić information content (AvgIpc) is 3.41. The van der Waals surface area contributed by atoms with E-state index in [1.165, 1.54) is 47.9 Å². The Balaban J connectivity index is 1.28. The molecule has 0 aliphatic heterocycles. The number of aryl methyl sites for hydroxylation is 1. The van der Waals surface area contributed by atoms with Crippen molar-refractivity contribution in [1.82, 2.24) is 0 Å². The molecule has 0 spiro atoms. The molecule has 3 saturated carbocycles. The summed E-state index contributed by atoms with van der Waals surface area (Å²) in [6.07, 6.45) is 3.44. The maximum Gasteiger partial charge on any atom is 0.107 e. The molecule has 4 heteroatoms. The molecular weight excluding hydrogens is 400 g/mol. The van der Waals surface area contributed by atoms with Crippen LogP contribution in [0.1, 0.15) is 59.4 Å². The third-order valence-corrected chi connectivity index (χ3v) is 8.47. The second-order valence-electron chi connectivity index (χ2n) is 10.7. The Hall–Kier alpha value is -1.72. The van der Waals surface area contributed by atoms with Gasteiger partial charge in [0.25, 0.3) is 0 Å². The summed E-state index contributed by atoms with van der Waals surface area (Å²) in [7, 11) is 0. The van der Waals surface area contributed by atoms with Crippen LogP contribution in [0.15, 0.2) is 42.5 Å². The molecule has 5 rings (SSSR count). The molecule has 0 aromatic heterocycles. The van der Waals surface area contributed by atoms with Gasteiger partial charge < -0.3 is 20.4 Å². The smallest absolute Gasteiger partial charge is 0.107 e. The minimum Gasteiger partial charge on any atom is -0.396 e. The number of benzene rings is 2. The molecule has 3 aliphatic carbocycles. The van der Waals surface area contributed by atoms with Gasteiger partial charge in [-0.3, -0.25) is 0 Å². The lowest BCUT2D eigenvalue weighted by Crippen LogP contribution is -2.51. The van der Waals surface area contributed by atoms with Crippen LogP contribution in [-0.4, -0.2) is 45.3 Å². The van der Waals surface area contributed by atoms with Crippen molar-refractivity contribution < 1.29 is 20.4 Å². The number of aliphatic hydroxyl groups excluding tert-OH is 4. The molecule has 2 unspecified atom stereocenters. The van der Waals surface area contributed by atoms with E-state index in [9.17, 15) is 20.4 Å². The predicted octanol–water partition coefficient (Wildman–Crippen LogP) is 3.35. The van der Waals surface area contributed by atoms with Gasteiger partial charge in [-0.05, 0) is 91.0 Å². The van der Waals surface area contributed by atoms with E-state index in [0.717, 1.165) is 29.7 Å². The Morgan fingerprint density at radius 2 is 1.47 bits per heavy atom. The Bertz CT molecular complexity index is 927. The zero-order valence-electron chi connectivity index (χ0n) is 18.9. The second kappa shape index (κ2) is 8.90. The van der Waals surface area contributed by atoms with Gasteiger partial charge in [-0.15, -0.1) is 0 Å². The van der Waals surface area contributed by atoms with Crippen LogP contribution >= 0.6 is 0 Å². The van der Waals surface area contributed by atoms with Gasteiger partial charge in [0.1, 0.15) is 6.10 Å². The summed E-state index contributed by atoms with van der Waals surface area (Å²) in [6, 6.07) is 15.3. The van der Waals surface area contributed by atoms with Gasteiger partial charge >= 0.3 is 0 Å². The fourth-order valence-corrected chi connectivity index (χ4v) is 6.31. The molecular formula is C28H36O4. The fraction of sp³-hybridized carbons (Fsp3) is 0.571. The first-order valence-corrected chi connectivity index (χ1v) is 12.2. The topological polar surface area (TPSA) is 80.9 Å². The van der Waals surface area contributed by atoms with Crippen LogP contribution in [0.4, 0.5) is 0 Å². The third-order valence-electron chi connectivity index (χ3n) is 8.47. The average molecular weight is 437 g/mol. The molecule has 3 fully saturated rings. The summed E-state index contributed by atoms with van der Waals surface area (Å²) in [6.45, 7) is 1.90. The molecule has 2 aromatic rings. The Labute approximate surface area is 190 Å². The van der Waals surface area contributed by atoms with Crippen molar-refractivity contribution >= 4 is 0 Å². The van der Waals surface area contributed by atoms with Crippen LogP contribution in [0, 0.1) is 30.6 Å². The standard InChI is InChI=1S/C28H36O4/c1-16-2-7-20(25-14-24(15-29)26(30)28(32)27(25)31)12-21(16)9-18-5-3-17(4-6-18)8-19-10-22-13-23(22)11-19/h2-7,12,19,22-32H,8-11,13-15H2,1H3/t19?,22-,23+,24-,25?,26-,27+,28+/m1/s1. The van der Waals surface area contributed by atoms with E-state index in [1.807, 2.05) is 6.07 Å². The van der Waals surface area contributed by atoms with E-state index in [1.54, 1.807) is 0 Å². The first-order valence-electron chi connectivity index (χ1n) is 12.2. The van der Waals surface area contributed by atoms with Gasteiger partial charge in [0.05, 0.1) is 12.2 Å². The summed E-state index contributed by atoms with van der Waals surface area (Å²) in [5.41, 5.74) is 6.08. The number of rotatable bonds is 6. The monoisotopic (exact) mass is 436 g/mol. The van der Waals surface area contributed by atoms with Gasteiger partial charge in [-0.1, -0.05) is 42.5 Å². The van der Waals surface area contributed by atoms with Crippen molar-refractivity contribution in [3.63, 3.8) is 0 Å². The van der Waals surface area contributed by atoms with Crippen molar-refractivity contribution in [2.45, 2.75) is 69.7 Å². The highest BCUT2D eigenvalue weighted by molar-refractivity contribution is 5.38. The minimum atomic E-state index is -1.24. The zero-order valence-corrected chi connectivity index (χ0v) is 18.9. The highest BCUT2D eigenvalue weighted by Gasteiger charge is 2.45. The van der Waals surface area contributed by atoms with Crippen molar-refractivity contribution in [2.75, 3.05) is 6.61 Å². The first kappa shape index (κ1) is 22.1. The van der Waals surface area contributed by atoms with E-state index in [2.05, 4.69) is 43.3 Å². The van der Waals surface area contributed by atoms with Crippen LogP contribution in [0.3, 0.4) is 0 Å². The molecule has 2 aromatic carbocycles. The van der Waals surface area contributed by atoms with E-state index in [-0.39, 0.29) is 12.5 Å². The summed E-state index contributed by atoms with van der Waals surface area (Å²) in [5.74, 6) is 2.22. The Morgan fingerprint density at radius 1 is 0.781 bits per heavy atom. The van der Waals surface area contributed by atoms with Crippen molar-refractivity contribution in [1.29, 1.82) is 0 Å². The van der Waals surface area contributed by atoms with Crippen LogP contribution in [0.5, 0.6) is 0 Å². The number of hydrogen-bond acceptors (Lipinski definition) is 4. The molecule has 8 atom stereocenters. The van der Waals surface area contributed by atoms with Crippen LogP contribution in [-0.2, 0) is 12.8 Å². The molecule has 0 heterocycles. The lowest BCUT2D eigenvalue weighted by atomic mass is 9.73. The normalized spacial score (nSPS) is 36.2. The van der Waals surface area contributed by atoms with Crippen molar-refractivity contribution in [3.05, 3.63) is 70.3 Å². The van der Waals surface area contributed by atoms with E-state index in [4.69, 9.17) is 0 Å². The molecule has 0 bridgehead atoms. The number of fused-ring (bicyclic) bond motifs is 1. The lowest BCUT2D eigenvalue weighted by molar-refractivity contribution is -0.127. The lowest BCUT2D eigenvalue weighted by Gasteiger charge is -2.40. The fourth-order valence-electron chi connectivity index (χ4n) is 6.31. The summed E-state index contributed by atoms with van der Waals surface area (Å²) >= 11 is 0. The van der Waals surface area contributed by atoms with Crippen LogP contribution in [0.2, 0.25) is 0 Å². The van der Waals surface area contributed by atoms with Gasteiger partial charge in [-0.25, -0.2) is 0 Å². The molecule has 3 aliphatic rings. The summed E-state index contributed by atoms with van der Waals surface area (Å²) in [4.78, 5) is 0. The van der Waals surface area contributed by atoms with E-state index >= 15 is 0 Å². The molecule has 0 amide bonds. The maximum atomic E-state index is 10.6. The van der Waals surface area contributed by atoms with Gasteiger partial charge in [-0.2, -0.15) is 0 Å². The van der Waals surface area contributed by atoms with Gasteiger partial charge in [0.2, 0.25) is 0 Å². The largest absolute Gasteiger partial charge is 0.396 e. The zero-order chi connectivity index (χ0) is 22.4. The quantitative estimate of drug-likeness (QED) is 0.560. The third kappa shape index (κ3) is 4.38. The summed E-state index contributed by atoms with van der Waals surface area (Å²) < 4.78 is 0. The van der Waals surface area contributed by atoms with Crippen molar-refractivity contribution in [2.24, 2.45) is 23.7 Å². The molecule has 4 N–H and O–H groups in total. The Kier molecular flexibility index (Phi) is 6.15. The molecule has 0 radical (unpaired) electrons. The van der Waals surface area contributed by atoms with Crippen LogP contribution in [0.25, 0.3) is 0 Å². The first-order chi connectivity index (χ1) is 15.4. The number of hydrogen-bond donors (Lipinski definition) is 4. The molecule has 172 valence electrons. The Morgan fingerprint density at radius 3 is 2.16 bits per heavy atom. The summed E-state index contributed by atoms with van der Waals surface area (Å²) in [5, 5.41) is 40.6.